The Balaban J connectivity index is 1.87. The van der Waals surface area contributed by atoms with Crippen LogP contribution in [0.2, 0.25) is 0 Å². The van der Waals surface area contributed by atoms with Gasteiger partial charge in [-0.05, 0) is 35.7 Å². The maximum atomic E-state index is 11.8. The fourth-order valence-electron chi connectivity index (χ4n) is 3.39. The third-order valence-corrected chi connectivity index (χ3v) is 6.24. The van der Waals surface area contributed by atoms with Crippen molar-refractivity contribution in [3.05, 3.63) is 48.0 Å². The first kappa shape index (κ1) is 15.5. The van der Waals surface area contributed by atoms with Crippen molar-refractivity contribution >= 4 is 20.6 Å². The quantitative estimate of drug-likeness (QED) is 0.849. The number of rotatable bonds is 5. The SMILES string of the molecule is CCCN(Cc1cccc2ccccc12)C1CCS(=O)(=O)C1. The van der Waals surface area contributed by atoms with Gasteiger partial charge < -0.3 is 0 Å². The minimum Gasteiger partial charge on any atom is -0.295 e. The van der Waals surface area contributed by atoms with Crippen molar-refractivity contribution in [2.45, 2.75) is 32.4 Å². The van der Waals surface area contributed by atoms with Gasteiger partial charge in [0.2, 0.25) is 0 Å². The predicted molar refractivity (Wildman–Crippen MR) is 91.7 cm³/mol. The molecular weight excluding hydrogens is 294 g/mol. The molecule has 0 aromatic heterocycles. The van der Waals surface area contributed by atoms with Crippen LogP contribution in [0.3, 0.4) is 0 Å². The van der Waals surface area contributed by atoms with Crippen molar-refractivity contribution in [1.29, 1.82) is 0 Å². The Morgan fingerprint density at radius 2 is 1.91 bits per heavy atom. The summed E-state index contributed by atoms with van der Waals surface area (Å²) in [7, 11) is -2.84. The van der Waals surface area contributed by atoms with Crippen LogP contribution in [-0.2, 0) is 16.4 Å². The highest BCUT2D eigenvalue weighted by Crippen LogP contribution is 2.24. The van der Waals surface area contributed by atoms with E-state index in [0.29, 0.717) is 11.5 Å². The molecule has 1 fully saturated rings. The Hall–Kier alpha value is -1.39. The molecule has 0 N–H and O–H groups in total. The average Bonchev–Trinajstić information content (AvgIpc) is 2.87. The van der Waals surface area contributed by atoms with E-state index in [1.807, 2.05) is 0 Å². The second kappa shape index (κ2) is 6.39. The molecule has 1 aliphatic heterocycles. The molecule has 0 spiro atoms. The first-order valence-corrected chi connectivity index (χ1v) is 9.82. The molecule has 0 radical (unpaired) electrons. The lowest BCUT2D eigenvalue weighted by atomic mass is 10.0. The van der Waals surface area contributed by atoms with Crippen molar-refractivity contribution in [1.82, 2.24) is 4.90 Å². The summed E-state index contributed by atoms with van der Waals surface area (Å²) in [5.74, 6) is 0.658. The molecule has 1 unspecified atom stereocenters. The molecule has 3 rings (SSSR count). The van der Waals surface area contributed by atoms with Crippen LogP contribution in [-0.4, -0.2) is 37.4 Å². The Morgan fingerprint density at radius 3 is 2.64 bits per heavy atom. The van der Waals surface area contributed by atoms with Crippen LogP contribution in [0.1, 0.15) is 25.3 Å². The molecule has 2 aromatic carbocycles. The van der Waals surface area contributed by atoms with Crippen LogP contribution in [0.15, 0.2) is 42.5 Å². The van der Waals surface area contributed by atoms with E-state index >= 15 is 0 Å². The number of sulfone groups is 1. The van der Waals surface area contributed by atoms with E-state index in [4.69, 9.17) is 0 Å². The number of hydrogen-bond donors (Lipinski definition) is 0. The van der Waals surface area contributed by atoms with Gasteiger partial charge >= 0.3 is 0 Å². The van der Waals surface area contributed by atoms with Crippen molar-refractivity contribution in [3.63, 3.8) is 0 Å². The largest absolute Gasteiger partial charge is 0.295 e. The van der Waals surface area contributed by atoms with Crippen LogP contribution < -0.4 is 0 Å². The molecule has 0 saturated carbocycles. The van der Waals surface area contributed by atoms with Gasteiger partial charge in [0.05, 0.1) is 11.5 Å². The first-order valence-electron chi connectivity index (χ1n) is 8.00. The third-order valence-electron chi connectivity index (χ3n) is 4.49. The van der Waals surface area contributed by atoms with E-state index < -0.39 is 9.84 Å². The van der Waals surface area contributed by atoms with Gasteiger partial charge in [-0.2, -0.15) is 0 Å². The monoisotopic (exact) mass is 317 g/mol. The zero-order valence-corrected chi connectivity index (χ0v) is 13.8. The summed E-state index contributed by atoms with van der Waals surface area (Å²) in [5.41, 5.74) is 1.29. The molecule has 1 aliphatic rings. The normalized spacial score (nSPS) is 20.7. The molecule has 3 nitrogen and oxygen atoms in total. The van der Waals surface area contributed by atoms with E-state index in [9.17, 15) is 8.42 Å². The summed E-state index contributed by atoms with van der Waals surface area (Å²) >= 11 is 0. The minimum atomic E-state index is -2.84. The summed E-state index contributed by atoms with van der Waals surface area (Å²) < 4.78 is 23.6. The summed E-state index contributed by atoms with van der Waals surface area (Å²) in [5, 5.41) is 2.52. The molecule has 118 valence electrons. The topological polar surface area (TPSA) is 37.4 Å². The van der Waals surface area contributed by atoms with Gasteiger partial charge in [-0.15, -0.1) is 0 Å². The van der Waals surface area contributed by atoms with E-state index in [0.717, 1.165) is 25.9 Å². The lowest BCUT2D eigenvalue weighted by Crippen LogP contribution is -2.36. The van der Waals surface area contributed by atoms with Crippen molar-refractivity contribution in [2.75, 3.05) is 18.1 Å². The van der Waals surface area contributed by atoms with Gasteiger partial charge in [-0.25, -0.2) is 8.42 Å². The second-order valence-corrected chi connectivity index (χ2v) is 8.39. The van der Waals surface area contributed by atoms with Crippen LogP contribution in [0, 0.1) is 0 Å². The maximum absolute atomic E-state index is 11.8. The van der Waals surface area contributed by atoms with Crippen molar-refractivity contribution in [2.24, 2.45) is 0 Å². The van der Waals surface area contributed by atoms with Gasteiger partial charge in [0.15, 0.2) is 9.84 Å². The van der Waals surface area contributed by atoms with Gasteiger partial charge in [0, 0.05) is 12.6 Å². The number of hydrogen-bond acceptors (Lipinski definition) is 3. The highest BCUT2D eigenvalue weighted by Gasteiger charge is 2.31. The molecule has 0 aliphatic carbocycles. The minimum absolute atomic E-state index is 0.170. The molecule has 1 atom stereocenters. The van der Waals surface area contributed by atoms with E-state index in [-0.39, 0.29) is 6.04 Å². The van der Waals surface area contributed by atoms with Gasteiger partial charge in [0.25, 0.3) is 0 Å². The first-order chi connectivity index (χ1) is 10.6. The average molecular weight is 317 g/mol. The van der Waals surface area contributed by atoms with Crippen LogP contribution in [0.5, 0.6) is 0 Å². The van der Waals surface area contributed by atoms with E-state index in [2.05, 4.69) is 54.3 Å². The highest BCUT2D eigenvalue weighted by molar-refractivity contribution is 7.91. The molecule has 1 heterocycles. The van der Waals surface area contributed by atoms with E-state index in [1.54, 1.807) is 0 Å². The summed E-state index contributed by atoms with van der Waals surface area (Å²) in [6.07, 6.45) is 1.81. The number of nitrogens with zero attached hydrogens (tertiary/aromatic N) is 1. The maximum Gasteiger partial charge on any atom is 0.151 e. The number of fused-ring (bicyclic) bond motifs is 1. The van der Waals surface area contributed by atoms with Gasteiger partial charge in [-0.1, -0.05) is 49.4 Å². The Bertz CT molecular complexity index is 749. The Labute approximate surface area is 132 Å². The zero-order chi connectivity index (χ0) is 15.6. The molecule has 22 heavy (non-hydrogen) atoms. The highest BCUT2D eigenvalue weighted by atomic mass is 32.2. The molecule has 1 saturated heterocycles. The van der Waals surface area contributed by atoms with Crippen LogP contribution >= 0.6 is 0 Å². The fraction of sp³-hybridized carbons (Fsp3) is 0.444. The Kier molecular flexibility index (Phi) is 4.50. The second-order valence-electron chi connectivity index (χ2n) is 6.17. The van der Waals surface area contributed by atoms with Crippen LogP contribution in [0.25, 0.3) is 10.8 Å². The summed E-state index contributed by atoms with van der Waals surface area (Å²) in [6.45, 7) is 3.93. The lowest BCUT2D eigenvalue weighted by Gasteiger charge is -2.28. The summed E-state index contributed by atoms with van der Waals surface area (Å²) in [4.78, 5) is 2.35. The predicted octanol–water partition coefficient (Wildman–Crippen LogP) is 3.24. The fourth-order valence-corrected chi connectivity index (χ4v) is 5.15. The van der Waals surface area contributed by atoms with Crippen LogP contribution in [0.4, 0.5) is 0 Å². The standard InChI is InChI=1S/C18H23NO2S/c1-2-11-19(17-10-12-22(20,21)14-17)13-16-8-5-7-15-6-3-4-9-18(15)16/h3-9,17H,2,10-14H2,1H3. The zero-order valence-electron chi connectivity index (χ0n) is 13.0. The lowest BCUT2D eigenvalue weighted by molar-refractivity contribution is 0.204. The molecule has 0 bridgehead atoms. The third kappa shape index (κ3) is 3.33. The smallest absolute Gasteiger partial charge is 0.151 e. The molecule has 4 heteroatoms. The van der Waals surface area contributed by atoms with E-state index in [1.165, 1.54) is 16.3 Å². The van der Waals surface area contributed by atoms with Gasteiger partial charge in [0.1, 0.15) is 0 Å². The molecule has 2 aromatic rings. The molecule has 0 amide bonds. The van der Waals surface area contributed by atoms with Gasteiger partial charge in [-0.3, -0.25) is 4.90 Å². The molecular formula is C18H23NO2S. The summed E-state index contributed by atoms with van der Waals surface area (Å²) in [6, 6.07) is 15.0. The number of benzene rings is 2. The Morgan fingerprint density at radius 1 is 1.14 bits per heavy atom. The van der Waals surface area contributed by atoms with Crippen molar-refractivity contribution < 1.29 is 8.42 Å². The van der Waals surface area contributed by atoms with Crippen molar-refractivity contribution in [3.8, 4) is 0 Å².